The third kappa shape index (κ3) is 7.34. The van der Waals surface area contributed by atoms with Crippen LogP contribution in [-0.4, -0.2) is 29.0 Å². The van der Waals surface area contributed by atoms with E-state index in [2.05, 4.69) is 12.2 Å². The Balaban J connectivity index is 3.19. The fourth-order valence-electron chi connectivity index (χ4n) is 0.930. The van der Waals surface area contributed by atoms with Gasteiger partial charge < -0.3 is 15.5 Å². The maximum Gasteiger partial charge on any atom is 0.404 e. The average Bonchev–Trinajstić information content (AvgIpc) is 2.00. The van der Waals surface area contributed by atoms with Crippen LogP contribution in [0.4, 0.5) is 4.79 Å². The predicted molar refractivity (Wildman–Crippen MR) is 46.2 cm³/mol. The molecule has 4 nitrogen and oxygen atoms in total. The largest absolute Gasteiger partial charge is 0.465 e. The lowest BCUT2D eigenvalue weighted by Crippen LogP contribution is -2.25. The van der Waals surface area contributed by atoms with Crippen molar-refractivity contribution in [2.24, 2.45) is 0 Å². The minimum Gasteiger partial charge on any atom is -0.465 e. The van der Waals surface area contributed by atoms with Gasteiger partial charge >= 0.3 is 6.09 Å². The number of unbranched alkanes of at least 4 members (excludes halogenated alkanes) is 1. The summed E-state index contributed by atoms with van der Waals surface area (Å²) in [6.07, 6.45) is 1.93. The molecule has 72 valence electrons. The highest BCUT2D eigenvalue weighted by Crippen LogP contribution is 2.02. The molecule has 0 rings (SSSR count). The Hall–Kier alpha value is -0.770. The third-order valence-corrected chi connectivity index (χ3v) is 1.64. The number of nitrogens with one attached hydrogen (secondary N) is 1. The second-order valence-corrected chi connectivity index (χ2v) is 2.82. The normalized spacial score (nSPS) is 12.5. The van der Waals surface area contributed by atoms with Crippen molar-refractivity contribution < 1.29 is 15.0 Å². The van der Waals surface area contributed by atoms with E-state index in [9.17, 15) is 9.90 Å². The number of hydrogen-bond acceptors (Lipinski definition) is 2. The zero-order valence-electron chi connectivity index (χ0n) is 7.42. The van der Waals surface area contributed by atoms with Gasteiger partial charge in [-0.15, -0.1) is 0 Å². The Morgan fingerprint density at radius 1 is 1.50 bits per heavy atom. The predicted octanol–water partition coefficient (Wildman–Crippen LogP) is 1.20. The third-order valence-electron chi connectivity index (χ3n) is 1.64. The van der Waals surface area contributed by atoms with E-state index in [0.29, 0.717) is 13.0 Å². The van der Waals surface area contributed by atoms with Crippen LogP contribution in [0, 0.1) is 0 Å². The van der Waals surface area contributed by atoms with Gasteiger partial charge in [-0.25, -0.2) is 4.79 Å². The van der Waals surface area contributed by atoms with Crippen molar-refractivity contribution in [1.29, 1.82) is 0 Å². The molecule has 0 aliphatic carbocycles. The standard InChI is InChI=1S/C8H17NO3/c1-2-3-4-7(10)5-6-9-8(11)12/h7,9-10H,2-6H2,1H3,(H,11,12). The van der Waals surface area contributed by atoms with Crippen LogP contribution in [0.2, 0.25) is 0 Å². The Morgan fingerprint density at radius 2 is 2.17 bits per heavy atom. The number of carboxylic acid groups (broad SMARTS) is 1. The average molecular weight is 175 g/mol. The summed E-state index contributed by atoms with van der Waals surface area (Å²) in [6, 6.07) is 0. The molecule has 0 aliphatic heterocycles. The zero-order valence-corrected chi connectivity index (χ0v) is 7.42. The molecule has 0 aromatic rings. The molecule has 4 heteroatoms. The monoisotopic (exact) mass is 175 g/mol. The molecule has 0 aromatic heterocycles. The molecule has 1 amide bonds. The molecule has 0 saturated carbocycles. The van der Waals surface area contributed by atoms with Gasteiger partial charge in [-0.1, -0.05) is 19.8 Å². The van der Waals surface area contributed by atoms with Gasteiger partial charge in [0.05, 0.1) is 6.10 Å². The lowest BCUT2D eigenvalue weighted by atomic mass is 10.1. The van der Waals surface area contributed by atoms with Gasteiger partial charge in [-0.2, -0.15) is 0 Å². The fourth-order valence-corrected chi connectivity index (χ4v) is 0.930. The van der Waals surface area contributed by atoms with Crippen molar-refractivity contribution in [2.75, 3.05) is 6.54 Å². The van der Waals surface area contributed by atoms with E-state index >= 15 is 0 Å². The highest BCUT2D eigenvalue weighted by atomic mass is 16.4. The molecule has 0 heterocycles. The van der Waals surface area contributed by atoms with Gasteiger partial charge in [-0.3, -0.25) is 0 Å². The van der Waals surface area contributed by atoms with Gasteiger partial charge in [0.25, 0.3) is 0 Å². The Kier molecular flexibility index (Phi) is 6.47. The highest BCUT2D eigenvalue weighted by molar-refractivity contribution is 5.64. The van der Waals surface area contributed by atoms with Crippen LogP contribution in [0.1, 0.15) is 32.6 Å². The first-order chi connectivity index (χ1) is 5.66. The van der Waals surface area contributed by atoms with Crippen LogP contribution in [0.15, 0.2) is 0 Å². The second kappa shape index (κ2) is 6.91. The number of carbonyl (C=O) groups is 1. The van der Waals surface area contributed by atoms with Crippen LogP contribution in [0.25, 0.3) is 0 Å². The lowest BCUT2D eigenvalue weighted by molar-refractivity contribution is 0.148. The Bertz CT molecular complexity index is 127. The molecule has 0 bridgehead atoms. The molecule has 12 heavy (non-hydrogen) atoms. The summed E-state index contributed by atoms with van der Waals surface area (Å²) in [4.78, 5) is 10.0. The zero-order chi connectivity index (χ0) is 9.40. The van der Waals surface area contributed by atoms with Gasteiger partial charge in [0.15, 0.2) is 0 Å². The highest BCUT2D eigenvalue weighted by Gasteiger charge is 2.03. The summed E-state index contributed by atoms with van der Waals surface area (Å²) in [5.74, 6) is 0. The molecular formula is C8H17NO3. The topological polar surface area (TPSA) is 69.6 Å². The van der Waals surface area contributed by atoms with E-state index in [1.54, 1.807) is 0 Å². The number of amides is 1. The van der Waals surface area contributed by atoms with E-state index in [1.807, 2.05) is 0 Å². The van der Waals surface area contributed by atoms with Crippen LogP contribution in [-0.2, 0) is 0 Å². The molecule has 0 aliphatic rings. The van der Waals surface area contributed by atoms with Gasteiger partial charge in [0.2, 0.25) is 0 Å². The quantitative estimate of drug-likeness (QED) is 0.568. The van der Waals surface area contributed by atoms with Crippen molar-refractivity contribution >= 4 is 6.09 Å². The van der Waals surface area contributed by atoms with Crippen LogP contribution < -0.4 is 5.32 Å². The minimum absolute atomic E-state index is 0.334. The van der Waals surface area contributed by atoms with Crippen molar-refractivity contribution in [3.8, 4) is 0 Å². The molecule has 0 spiro atoms. The maximum atomic E-state index is 10.0. The van der Waals surface area contributed by atoms with Crippen LogP contribution in [0.5, 0.6) is 0 Å². The first kappa shape index (κ1) is 11.2. The van der Waals surface area contributed by atoms with E-state index in [-0.39, 0.29) is 6.10 Å². The van der Waals surface area contributed by atoms with Gasteiger partial charge in [0.1, 0.15) is 0 Å². The molecule has 0 radical (unpaired) electrons. The van der Waals surface area contributed by atoms with Crippen molar-refractivity contribution in [3.05, 3.63) is 0 Å². The molecule has 1 atom stereocenters. The first-order valence-electron chi connectivity index (χ1n) is 4.31. The Labute approximate surface area is 72.6 Å². The molecule has 0 fully saturated rings. The van der Waals surface area contributed by atoms with Crippen molar-refractivity contribution in [2.45, 2.75) is 38.7 Å². The molecule has 0 saturated heterocycles. The van der Waals surface area contributed by atoms with E-state index < -0.39 is 6.09 Å². The summed E-state index contributed by atoms with van der Waals surface area (Å²) in [7, 11) is 0. The summed E-state index contributed by atoms with van der Waals surface area (Å²) in [6.45, 7) is 2.39. The summed E-state index contributed by atoms with van der Waals surface area (Å²) >= 11 is 0. The van der Waals surface area contributed by atoms with E-state index in [1.165, 1.54) is 0 Å². The SMILES string of the molecule is CCCCC(O)CCNC(=O)O. The van der Waals surface area contributed by atoms with E-state index in [4.69, 9.17) is 5.11 Å². The Morgan fingerprint density at radius 3 is 2.67 bits per heavy atom. The van der Waals surface area contributed by atoms with Crippen LogP contribution >= 0.6 is 0 Å². The number of aliphatic hydroxyl groups excluding tert-OH is 1. The summed E-state index contributed by atoms with van der Waals surface area (Å²) < 4.78 is 0. The summed E-state index contributed by atoms with van der Waals surface area (Å²) in [5.41, 5.74) is 0. The van der Waals surface area contributed by atoms with Gasteiger partial charge in [0, 0.05) is 6.54 Å². The molecule has 3 N–H and O–H groups in total. The second-order valence-electron chi connectivity index (χ2n) is 2.82. The number of rotatable bonds is 6. The maximum absolute atomic E-state index is 10.0. The van der Waals surface area contributed by atoms with E-state index in [0.717, 1.165) is 19.3 Å². The van der Waals surface area contributed by atoms with Crippen LogP contribution in [0.3, 0.4) is 0 Å². The smallest absolute Gasteiger partial charge is 0.404 e. The molecular weight excluding hydrogens is 158 g/mol. The van der Waals surface area contributed by atoms with Crippen molar-refractivity contribution in [3.63, 3.8) is 0 Å². The molecule has 0 aromatic carbocycles. The minimum atomic E-state index is -1.03. The lowest BCUT2D eigenvalue weighted by Gasteiger charge is -2.08. The molecule has 1 unspecified atom stereocenters. The van der Waals surface area contributed by atoms with Gasteiger partial charge in [-0.05, 0) is 12.8 Å². The number of hydrogen-bond donors (Lipinski definition) is 3. The van der Waals surface area contributed by atoms with Crippen molar-refractivity contribution in [1.82, 2.24) is 5.32 Å². The number of aliphatic hydroxyl groups is 1. The fraction of sp³-hybridized carbons (Fsp3) is 0.875. The first-order valence-corrected chi connectivity index (χ1v) is 4.31. The summed E-state index contributed by atoms with van der Waals surface area (Å²) in [5, 5.41) is 19.7.